The first-order valence-electron chi connectivity index (χ1n) is 12.6. The highest BCUT2D eigenvalue weighted by Crippen LogP contribution is 2.35. The van der Waals surface area contributed by atoms with E-state index in [2.05, 4.69) is 40.3 Å². The fraction of sp³-hybridized carbons (Fsp3) is 0.156. The first-order valence-corrected chi connectivity index (χ1v) is 13.3. The molecule has 5 aromatic rings. The van der Waals surface area contributed by atoms with Crippen molar-refractivity contribution in [1.29, 1.82) is 0 Å². The number of carbonyl (C=O) groups is 1. The van der Waals surface area contributed by atoms with Gasteiger partial charge in [-0.1, -0.05) is 89.9 Å². The van der Waals surface area contributed by atoms with Crippen LogP contribution in [-0.2, 0) is 17.8 Å². The Balaban J connectivity index is 1.41. The van der Waals surface area contributed by atoms with Gasteiger partial charge in [-0.3, -0.25) is 4.79 Å². The van der Waals surface area contributed by atoms with Crippen LogP contribution in [0.15, 0.2) is 103 Å². The molecule has 6 heteroatoms. The number of rotatable bonds is 9. The summed E-state index contributed by atoms with van der Waals surface area (Å²) in [7, 11) is 0. The molecule has 192 valence electrons. The Morgan fingerprint density at radius 1 is 0.895 bits per heavy atom. The Morgan fingerprint density at radius 3 is 2.39 bits per heavy atom. The predicted molar refractivity (Wildman–Crippen MR) is 154 cm³/mol. The lowest BCUT2D eigenvalue weighted by Crippen LogP contribution is -2.27. The molecule has 1 aromatic heterocycles. The molecule has 1 heterocycles. The molecule has 5 rings (SSSR count). The Hall–Kier alpha value is -3.60. The second-order valence-corrected chi connectivity index (χ2v) is 10.2. The second kappa shape index (κ2) is 11.8. The second-order valence-electron chi connectivity index (χ2n) is 9.36. The van der Waals surface area contributed by atoms with E-state index >= 15 is 0 Å². The fourth-order valence-electron chi connectivity index (χ4n) is 4.88. The SMILES string of the molecule is O=C(C[C@H](c1ccc(F)cc1)c1cn(Cc2ccccc2)c2ccccc12)NCCc1ccc(Cl)cc1Cl. The van der Waals surface area contributed by atoms with Gasteiger partial charge in [0, 0.05) is 52.6 Å². The van der Waals surface area contributed by atoms with Gasteiger partial charge in [-0.2, -0.15) is 0 Å². The maximum Gasteiger partial charge on any atom is 0.220 e. The van der Waals surface area contributed by atoms with E-state index in [4.69, 9.17) is 23.2 Å². The molecule has 1 amide bonds. The molecule has 4 aromatic carbocycles. The van der Waals surface area contributed by atoms with Crippen LogP contribution in [0.3, 0.4) is 0 Å². The minimum atomic E-state index is -0.302. The number of hydrogen-bond acceptors (Lipinski definition) is 1. The van der Waals surface area contributed by atoms with Gasteiger partial charge >= 0.3 is 0 Å². The normalized spacial score (nSPS) is 12.0. The summed E-state index contributed by atoms with van der Waals surface area (Å²) in [6.07, 6.45) is 2.96. The maximum atomic E-state index is 13.8. The summed E-state index contributed by atoms with van der Waals surface area (Å²) in [5.74, 6) is -0.621. The third kappa shape index (κ3) is 6.09. The minimum Gasteiger partial charge on any atom is -0.356 e. The molecule has 0 aliphatic rings. The summed E-state index contributed by atoms with van der Waals surface area (Å²) >= 11 is 12.3. The highest BCUT2D eigenvalue weighted by atomic mass is 35.5. The fourth-order valence-corrected chi connectivity index (χ4v) is 5.39. The zero-order valence-electron chi connectivity index (χ0n) is 20.7. The van der Waals surface area contributed by atoms with E-state index in [1.165, 1.54) is 17.7 Å². The molecule has 0 bridgehead atoms. The highest BCUT2D eigenvalue weighted by molar-refractivity contribution is 6.35. The molecule has 0 unspecified atom stereocenters. The van der Waals surface area contributed by atoms with Crippen LogP contribution < -0.4 is 5.32 Å². The maximum absolute atomic E-state index is 13.8. The van der Waals surface area contributed by atoms with Crippen LogP contribution in [0.5, 0.6) is 0 Å². The zero-order valence-corrected chi connectivity index (χ0v) is 22.2. The Kier molecular flexibility index (Phi) is 8.11. The number of aromatic nitrogens is 1. The average molecular weight is 545 g/mol. The number of nitrogens with one attached hydrogen (secondary N) is 1. The summed E-state index contributed by atoms with van der Waals surface area (Å²) in [5.41, 5.74) is 5.15. The van der Waals surface area contributed by atoms with Gasteiger partial charge in [-0.25, -0.2) is 4.39 Å². The number of fused-ring (bicyclic) bond motifs is 1. The molecule has 38 heavy (non-hydrogen) atoms. The third-order valence-corrected chi connectivity index (χ3v) is 7.37. The topological polar surface area (TPSA) is 34.0 Å². The molecule has 1 N–H and O–H groups in total. The summed E-state index contributed by atoms with van der Waals surface area (Å²) < 4.78 is 16.0. The molecule has 0 saturated heterocycles. The summed E-state index contributed by atoms with van der Waals surface area (Å²) in [4.78, 5) is 13.2. The lowest BCUT2D eigenvalue weighted by atomic mass is 9.88. The van der Waals surface area contributed by atoms with Crippen molar-refractivity contribution in [3.05, 3.63) is 141 Å². The van der Waals surface area contributed by atoms with E-state index in [9.17, 15) is 9.18 Å². The molecule has 0 fully saturated rings. The number of carbonyl (C=O) groups excluding carboxylic acids is 1. The van der Waals surface area contributed by atoms with Crippen molar-refractivity contribution >= 4 is 40.0 Å². The first kappa shape index (κ1) is 26.0. The van der Waals surface area contributed by atoms with Crippen LogP contribution in [0.2, 0.25) is 10.0 Å². The lowest BCUT2D eigenvalue weighted by molar-refractivity contribution is -0.121. The number of nitrogens with zero attached hydrogens (tertiary/aromatic N) is 1. The van der Waals surface area contributed by atoms with Gasteiger partial charge in [0.05, 0.1) is 0 Å². The van der Waals surface area contributed by atoms with Gasteiger partial charge in [-0.15, -0.1) is 0 Å². The molecule has 0 saturated carbocycles. The number of halogens is 3. The van der Waals surface area contributed by atoms with Gasteiger partial charge < -0.3 is 9.88 Å². The molecule has 0 aliphatic heterocycles. The molecule has 1 atom stereocenters. The van der Waals surface area contributed by atoms with Gasteiger partial charge in [0.2, 0.25) is 5.91 Å². The lowest BCUT2D eigenvalue weighted by Gasteiger charge is -2.17. The molecule has 0 spiro atoms. The molecule has 0 aliphatic carbocycles. The van der Waals surface area contributed by atoms with Gasteiger partial charge in [0.15, 0.2) is 0 Å². The van der Waals surface area contributed by atoms with Crippen LogP contribution in [0.1, 0.15) is 34.6 Å². The van der Waals surface area contributed by atoms with Gasteiger partial charge in [0.1, 0.15) is 5.82 Å². The van der Waals surface area contributed by atoms with E-state index < -0.39 is 0 Å². The van der Waals surface area contributed by atoms with Gasteiger partial charge in [-0.05, 0) is 59.0 Å². The Labute approximate surface area is 231 Å². The summed E-state index contributed by atoms with van der Waals surface area (Å²) in [6, 6.07) is 30.3. The summed E-state index contributed by atoms with van der Waals surface area (Å²) in [5, 5.41) is 5.28. The van der Waals surface area contributed by atoms with Crippen LogP contribution in [0.25, 0.3) is 10.9 Å². The molecular formula is C32H27Cl2FN2O. The van der Waals surface area contributed by atoms with E-state index in [1.54, 1.807) is 24.3 Å². The van der Waals surface area contributed by atoms with Crippen molar-refractivity contribution in [1.82, 2.24) is 9.88 Å². The largest absolute Gasteiger partial charge is 0.356 e. The quantitative estimate of drug-likeness (QED) is 0.200. The smallest absolute Gasteiger partial charge is 0.220 e. The van der Waals surface area contributed by atoms with Crippen LogP contribution in [0.4, 0.5) is 4.39 Å². The van der Waals surface area contributed by atoms with Crippen molar-refractivity contribution < 1.29 is 9.18 Å². The van der Waals surface area contributed by atoms with E-state index in [1.807, 2.05) is 36.4 Å². The van der Waals surface area contributed by atoms with Crippen LogP contribution in [-0.4, -0.2) is 17.0 Å². The molecular weight excluding hydrogens is 518 g/mol. The Bertz CT molecular complexity index is 1550. The zero-order chi connectivity index (χ0) is 26.5. The first-order chi connectivity index (χ1) is 18.5. The van der Waals surface area contributed by atoms with Crippen LogP contribution >= 0.6 is 23.2 Å². The summed E-state index contributed by atoms with van der Waals surface area (Å²) in [6.45, 7) is 1.16. The number of para-hydroxylation sites is 1. The monoisotopic (exact) mass is 544 g/mol. The van der Waals surface area contributed by atoms with E-state index in [0.717, 1.165) is 27.6 Å². The van der Waals surface area contributed by atoms with Crippen molar-refractivity contribution in [2.45, 2.75) is 25.3 Å². The van der Waals surface area contributed by atoms with Crippen molar-refractivity contribution in [3.8, 4) is 0 Å². The third-order valence-electron chi connectivity index (χ3n) is 6.78. The average Bonchev–Trinajstić information content (AvgIpc) is 3.28. The van der Waals surface area contributed by atoms with E-state index in [-0.39, 0.29) is 24.1 Å². The number of benzene rings is 4. The Morgan fingerprint density at radius 2 is 1.63 bits per heavy atom. The molecule has 3 nitrogen and oxygen atoms in total. The van der Waals surface area contributed by atoms with Crippen molar-refractivity contribution in [3.63, 3.8) is 0 Å². The van der Waals surface area contributed by atoms with Crippen molar-refractivity contribution in [2.75, 3.05) is 6.54 Å². The minimum absolute atomic E-state index is 0.0794. The predicted octanol–water partition coefficient (Wildman–Crippen LogP) is 8.02. The van der Waals surface area contributed by atoms with Crippen LogP contribution in [0, 0.1) is 5.82 Å². The van der Waals surface area contributed by atoms with E-state index in [0.29, 0.717) is 29.6 Å². The van der Waals surface area contributed by atoms with Crippen molar-refractivity contribution in [2.24, 2.45) is 0 Å². The van der Waals surface area contributed by atoms with Gasteiger partial charge in [0.25, 0.3) is 0 Å². The highest BCUT2D eigenvalue weighted by Gasteiger charge is 2.23. The standard InChI is InChI=1S/C32H27Cl2FN2O/c33-25-13-10-24(30(34)18-25)16-17-36-32(38)19-28(23-11-14-26(35)15-12-23)29-21-37(20-22-6-2-1-3-7-22)31-9-5-4-8-27(29)31/h1-15,18,21,28H,16-17,19-20H2,(H,36,38)/t28-/m1/s1. The molecule has 0 radical (unpaired) electrons. The number of hydrogen-bond donors (Lipinski definition) is 1. The number of amides is 1.